The molecule has 0 aromatic heterocycles. The molecule has 24 heavy (non-hydrogen) atoms. The number of ether oxygens (including phenoxy) is 1. The van der Waals surface area contributed by atoms with Crippen molar-refractivity contribution in [3.63, 3.8) is 0 Å². The lowest BCUT2D eigenvalue weighted by atomic mass is 10.0. The predicted molar refractivity (Wildman–Crippen MR) is 100 cm³/mol. The zero-order chi connectivity index (χ0) is 17.6. The molecule has 0 bridgehead atoms. The van der Waals surface area contributed by atoms with Crippen LogP contribution in [0.5, 0.6) is 0 Å². The minimum absolute atomic E-state index is 0.281. The van der Waals surface area contributed by atoms with Gasteiger partial charge in [-0.05, 0) is 57.0 Å². The lowest BCUT2D eigenvalue weighted by Crippen LogP contribution is -2.29. The summed E-state index contributed by atoms with van der Waals surface area (Å²) in [7, 11) is -1.85. The molecule has 1 atom stereocenters. The highest BCUT2D eigenvalue weighted by Crippen LogP contribution is 2.36. The van der Waals surface area contributed by atoms with Crippen LogP contribution in [0.2, 0.25) is 13.1 Å². The fraction of sp³-hybridized carbons (Fsp3) is 0.450. The van der Waals surface area contributed by atoms with Gasteiger partial charge in [-0.25, -0.2) is 4.79 Å². The van der Waals surface area contributed by atoms with Crippen molar-refractivity contribution in [2.75, 3.05) is 6.61 Å². The second kappa shape index (κ2) is 8.45. The van der Waals surface area contributed by atoms with Crippen LogP contribution in [-0.4, -0.2) is 27.0 Å². The van der Waals surface area contributed by atoms with Gasteiger partial charge in [-0.3, -0.25) is 0 Å². The van der Waals surface area contributed by atoms with Gasteiger partial charge in [0.25, 0.3) is 0 Å². The van der Waals surface area contributed by atoms with E-state index < -0.39 is 8.32 Å². The molecule has 1 aromatic carbocycles. The van der Waals surface area contributed by atoms with Crippen molar-refractivity contribution in [3.8, 4) is 0 Å². The number of carbonyl (C=O) groups excluding carboxylic acids is 1. The lowest BCUT2D eigenvalue weighted by Gasteiger charge is -2.19. The number of hydrogen-bond acceptors (Lipinski definition) is 3. The van der Waals surface area contributed by atoms with Crippen molar-refractivity contribution < 1.29 is 14.0 Å². The number of allylic oxidation sites excluding steroid dienone is 2. The van der Waals surface area contributed by atoms with Crippen molar-refractivity contribution in [3.05, 3.63) is 58.8 Å². The second-order valence-corrected chi connectivity index (χ2v) is 10.6. The highest BCUT2D eigenvalue weighted by molar-refractivity contribution is 6.79. The van der Waals surface area contributed by atoms with E-state index in [0.29, 0.717) is 6.61 Å². The lowest BCUT2D eigenvalue weighted by molar-refractivity contribution is -0.137. The van der Waals surface area contributed by atoms with E-state index in [4.69, 9.17) is 9.16 Å². The number of hydrogen-bond donors (Lipinski definition) is 0. The van der Waals surface area contributed by atoms with Crippen molar-refractivity contribution in [1.82, 2.24) is 0 Å². The molecule has 1 heterocycles. The summed E-state index contributed by atoms with van der Waals surface area (Å²) in [6, 6.07) is 10.5. The molecule has 1 aromatic rings. The van der Waals surface area contributed by atoms with E-state index in [0.717, 1.165) is 24.8 Å². The number of carbonyl (C=O) groups is 1. The van der Waals surface area contributed by atoms with Crippen molar-refractivity contribution in [2.45, 2.75) is 52.3 Å². The zero-order valence-corrected chi connectivity index (χ0v) is 16.2. The third-order valence-corrected chi connectivity index (χ3v) is 7.42. The van der Waals surface area contributed by atoms with Gasteiger partial charge in [0, 0.05) is 12.2 Å². The molecular weight excluding hydrogens is 316 g/mol. The zero-order valence-electron chi connectivity index (χ0n) is 15.2. The van der Waals surface area contributed by atoms with Crippen LogP contribution in [0.3, 0.4) is 0 Å². The fourth-order valence-electron chi connectivity index (χ4n) is 3.26. The molecule has 0 spiro atoms. The summed E-state index contributed by atoms with van der Waals surface area (Å²) in [6.07, 6.45) is 6.75. The molecule has 0 aliphatic carbocycles. The second-order valence-electron chi connectivity index (χ2n) is 6.73. The summed E-state index contributed by atoms with van der Waals surface area (Å²) in [5.74, 6) is -0.281. The van der Waals surface area contributed by atoms with Gasteiger partial charge in [0.2, 0.25) is 8.32 Å². The van der Waals surface area contributed by atoms with Gasteiger partial charge in [-0.1, -0.05) is 42.0 Å². The molecule has 1 fully saturated rings. The summed E-state index contributed by atoms with van der Waals surface area (Å²) >= 11 is 0. The van der Waals surface area contributed by atoms with Crippen molar-refractivity contribution in [1.29, 1.82) is 0 Å². The van der Waals surface area contributed by atoms with Crippen molar-refractivity contribution >= 4 is 14.3 Å². The summed E-state index contributed by atoms with van der Waals surface area (Å²) in [4.78, 5) is 11.5. The molecule has 0 saturated carbocycles. The number of benzene rings is 1. The Kier molecular flexibility index (Phi) is 6.57. The Morgan fingerprint density at radius 3 is 2.67 bits per heavy atom. The number of rotatable bonds is 6. The van der Waals surface area contributed by atoms with Gasteiger partial charge in [0.15, 0.2) is 0 Å². The van der Waals surface area contributed by atoms with Gasteiger partial charge in [-0.2, -0.15) is 0 Å². The van der Waals surface area contributed by atoms with Crippen molar-refractivity contribution in [2.24, 2.45) is 0 Å². The van der Waals surface area contributed by atoms with Crippen LogP contribution >= 0.6 is 0 Å². The van der Waals surface area contributed by atoms with Crippen LogP contribution in [-0.2, 0) is 20.4 Å². The quantitative estimate of drug-likeness (QED) is 0.430. The molecule has 130 valence electrons. The largest absolute Gasteiger partial charge is 0.463 e. The number of esters is 1. The molecule has 3 nitrogen and oxygen atoms in total. The highest BCUT2D eigenvalue weighted by atomic mass is 28.4. The maximum Gasteiger partial charge on any atom is 0.330 e. The molecule has 1 aliphatic heterocycles. The Labute approximate surface area is 146 Å². The SMILES string of the molecule is CCOC(=O)/C=C/C(C)=C1/CC(CCc2ccccc2)O[Si]1(C)C. The summed E-state index contributed by atoms with van der Waals surface area (Å²) in [6.45, 7) is 8.78. The van der Waals surface area contributed by atoms with Gasteiger partial charge in [0.1, 0.15) is 0 Å². The molecule has 2 rings (SSSR count). The van der Waals surface area contributed by atoms with Crippen LogP contribution in [0, 0.1) is 0 Å². The Morgan fingerprint density at radius 2 is 2.00 bits per heavy atom. The molecule has 1 saturated heterocycles. The fourth-order valence-corrected chi connectivity index (χ4v) is 6.19. The molecule has 4 heteroatoms. The van der Waals surface area contributed by atoms with Crippen LogP contribution in [0.25, 0.3) is 0 Å². The first-order valence-corrected chi connectivity index (χ1v) is 11.6. The Morgan fingerprint density at radius 1 is 1.29 bits per heavy atom. The molecule has 1 unspecified atom stereocenters. The average Bonchev–Trinajstić information content (AvgIpc) is 2.87. The first-order chi connectivity index (χ1) is 11.4. The topological polar surface area (TPSA) is 35.5 Å². The minimum Gasteiger partial charge on any atom is -0.463 e. The van der Waals surface area contributed by atoms with Gasteiger partial charge in [0.05, 0.1) is 6.61 Å². The highest BCUT2D eigenvalue weighted by Gasteiger charge is 2.39. The third-order valence-electron chi connectivity index (χ3n) is 4.45. The van der Waals surface area contributed by atoms with E-state index in [-0.39, 0.29) is 12.1 Å². The van der Waals surface area contributed by atoms with Gasteiger partial charge in [-0.15, -0.1) is 0 Å². The molecule has 1 aliphatic rings. The standard InChI is InChI=1S/C20H28O3Si/c1-5-22-20(21)14-11-16(2)19-15-18(23-24(19,3)4)13-12-17-9-7-6-8-10-17/h6-11,14,18H,5,12-13,15H2,1-4H3/b14-11+,19-16-. The van der Waals surface area contributed by atoms with E-state index in [1.165, 1.54) is 16.8 Å². The summed E-state index contributed by atoms with van der Waals surface area (Å²) in [5, 5.41) is 1.40. The molecule has 0 radical (unpaired) electrons. The van der Waals surface area contributed by atoms with Crippen LogP contribution < -0.4 is 0 Å². The van der Waals surface area contributed by atoms with Gasteiger partial charge >= 0.3 is 5.97 Å². The van der Waals surface area contributed by atoms with E-state index in [2.05, 4.69) is 44.3 Å². The first-order valence-electron chi connectivity index (χ1n) is 8.69. The Bertz CT molecular complexity index is 617. The van der Waals surface area contributed by atoms with E-state index in [1.54, 1.807) is 0 Å². The summed E-state index contributed by atoms with van der Waals surface area (Å²) in [5.41, 5.74) is 2.51. The molecular formula is C20H28O3Si. The maximum atomic E-state index is 11.5. The van der Waals surface area contributed by atoms with E-state index in [9.17, 15) is 4.79 Å². The van der Waals surface area contributed by atoms with E-state index in [1.807, 2.05) is 19.1 Å². The molecule has 0 N–H and O–H groups in total. The normalized spacial score (nSPS) is 21.9. The smallest absolute Gasteiger partial charge is 0.330 e. The first kappa shape index (κ1) is 18.7. The van der Waals surface area contributed by atoms with Crippen LogP contribution in [0.4, 0.5) is 0 Å². The van der Waals surface area contributed by atoms with Gasteiger partial charge < -0.3 is 9.16 Å². The molecule has 0 amide bonds. The summed E-state index contributed by atoms with van der Waals surface area (Å²) < 4.78 is 11.3. The number of aryl methyl sites for hydroxylation is 1. The minimum atomic E-state index is -1.85. The van der Waals surface area contributed by atoms with Crippen LogP contribution in [0.1, 0.15) is 32.3 Å². The third kappa shape index (κ3) is 5.18. The van der Waals surface area contributed by atoms with E-state index >= 15 is 0 Å². The maximum absolute atomic E-state index is 11.5. The Hall–Kier alpha value is -1.65. The Balaban J connectivity index is 2.00. The monoisotopic (exact) mass is 344 g/mol. The predicted octanol–water partition coefficient (Wildman–Crippen LogP) is 4.59. The van der Waals surface area contributed by atoms with Crippen LogP contribution in [0.15, 0.2) is 53.3 Å². The average molecular weight is 345 g/mol.